The maximum atomic E-state index is 14.5. The number of imidazole rings is 1. The average Bonchev–Trinajstić information content (AvgIpc) is 3.26. The van der Waals surface area contributed by atoms with Gasteiger partial charge in [0.05, 0.1) is 6.60 Å². The van der Waals surface area contributed by atoms with Crippen molar-refractivity contribution in [2.75, 3.05) is 39.3 Å². The fraction of sp³-hybridized carbons (Fsp3) is 0.769. The van der Waals surface area contributed by atoms with Crippen molar-refractivity contribution in [2.24, 2.45) is 0 Å². The Bertz CT molecular complexity index is 739. The highest BCUT2D eigenvalue weighted by Gasteiger charge is 2.50. The van der Waals surface area contributed by atoms with E-state index in [1.165, 1.54) is 17.0 Å². The van der Waals surface area contributed by atoms with Crippen molar-refractivity contribution in [3.63, 3.8) is 0 Å². The molecule has 3 heterocycles. The molecule has 7 nitrogen and oxygen atoms in total. The Kier molecular flexibility index (Phi) is 8.64. The van der Waals surface area contributed by atoms with Crippen LogP contribution >= 0.6 is 0 Å². The first-order valence-electron chi connectivity index (χ1n) is 10.7. The standard InChI is InChI=1S/C13H20B10FN5O2/c14-20(15)22(18)23(21(16)17)19-7-11(19)8-26-3-5-27(6-4-26)9-12(24)10-28-2-1-25-13(28)29(30)31/h1-2,11-12H,3-10H2/i24-1. The zero-order valence-electron chi connectivity index (χ0n) is 17.7. The van der Waals surface area contributed by atoms with Crippen LogP contribution in [0.1, 0.15) is 0 Å². The minimum atomic E-state index is -1.21. The van der Waals surface area contributed by atoms with Crippen LogP contribution in [0, 0.1) is 10.1 Å². The van der Waals surface area contributed by atoms with Gasteiger partial charge in [-0.3, -0.25) is 4.90 Å². The number of nitrogens with zero attached hydrogens (tertiary/aromatic N) is 5. The van der Waals surface area contributed by atoms with Gasteiger partial charge in [-0.2, -0.15) is 0 Å². The fourth-order valence-electron chi connectivity index (χ4n) is 4.69. The quantitative estimate of drug-likeness (QED) is 0.227. The lowest BCUT2D eigenvalue weighted by Crippen LogP contribution is -2.63. The number of hydrogen-bond donors (Lipinski definition) is 0. The molecule has 2 aliphatic heterocycles. The van der Waals surface area contributed by atoms with Crippen LogP contribution in [0.3, 0.4) is 0 Å². The molecule has 1 aromatic rings. The molecule has 2 saturated heterocycles. The van der Waals surface area contributed by atoms with Crippen LogP contribution in [-0.2, 0) is 6.54 Å². The molecule has 10 radical (unpaired) electrons. The monoisotopic (exact) mass is 406 g/mol. The van der Waals surface area contributed by atoms with Gasteiger partial charge in [0.1, 0.15) is 25.1 Å². The minimum absolute atomic E-state index is 0.0788. The van der Waals surface area contributed by atoms with E-state index in [-0.39, 0.29) is 25.4 Å². The summed E-state index contributed by atoms with van der Waals surface area (Å²) in [5.41, 5.74) is 0. The van der Waals surface area contributed by atoms with Crippen molar-refractivity contribution >= 4 is 76.8 Å². The van der Waals surface area contributed by atoms with Crippen molar-refractivity contribution in [1.82, 2.24) is 19.4 Å². The van der Waals surface area contributed by atoms with Crippen molar-refractivity contribution < 1.29 is 9.31 Å². The lowest BCUT2D eigenvalue weighted by molar-refractivity contribution is -0.396. The maximum Gasteiger partial charge on any atom is 0.434 e. The maximum absolute atomic E-state index is 14.5. The normalized spacial score (nSPS) is 20.3. The number of alkyl halides is 1. The van der Waals surface area contributed by atoms with Gasteiger partial charge in [0, 0.05) is 96.9 Å². The molecular weight excluding hydrogens is 384 g/mol. The third-order valence-corrected chi connectivity index (χ3v) is 6.47. The predicted molar refractivity (Wildman–Crippen MR) is 133 cm³/mol. The lowest BCUT2D eigenvalue weighted by Gasteiger charge is -2.35. The highest BCUT2D eigenvalue weighted by atomic mass is 18.2. The molecule has 0 aromatic carbocycles. The largest absolute Gasteiger partial charge is 0.434 e. The molecule has 2 atom stereocenters. The number of halogens is 1. The third kappa shape index (κ3) is 6.56. The summed E-state index contributed by atoms with van der Waals surface area (Å²) in [5, 5.41) is 10.9. The molecule has 0 amide bonds. The van der Waals surface area contributed by atoms with E-state index in [2.05, 4.69) is 14.8 Å². The molecular formula is C13H20B10FN5O2. The Morgan fingerprint density at radius 2 is 1.81 bits per heavy atom. The summed E-state index contributed by atoms with van der Waals surface area (Å²) in [6.45, 7) is 4.57. The van der Waals surface area contributed by atoms with Gasteiger partial charge in [0.25, 0.3) is 0 Å². The van der Waals surface area contributed by atoms with Crippen molar-refractivity contribution in [1.29, 1.82) is 0 Å². The minimum Gasteiger partial charge on any atom is -0.390 e. The molecule has 0 N–H and O–H groups in total. The van der Waals surface area contributed by atoms with Crippen LogP contribution in [0.4, 0.5) is 10.3 Å². The molecule has 2 aliphatic rings. The molecule has 3 rings (SSSR count). The number of rotatable bonds is 11. The van der Waals surface area contributed by atoms with Gasteiger partial charge < -0.3 is 15.0 Å². The van der Waals surface area contributed by atoms with Gasteiger partial charge in [0.15, 0.2) is 0 Å². The summed E-state index contributed by atoms with van der Waals surface area (Å²) >= 11 is 0. The summed E-state index contributed by atoms with van der Waals surface area (Å²) in [7, 11) is 29.5. The number of aromatic nitrogens is 2. The zero-order valence-corrected chi connectivity index (χ0v) is 17.7. The Hall–Kier alpha value is -0.891. The van der Waals surface area contributed by atoms with Gasteiger partial charge in [-0.05, 0) is 11.5 Å². The van der Waals surface area contributed by atoms with Crippen molar-refractivity contribution in [3.8, 4) is 0 Å². The van der Waals surface area contributed by atoms with E-state index in [9.17, 15) is 14.5 Å². The van der Waals surface area contributed by atoms with Crippen LogP contribution in [0.5, 0.6) is 0 Å². The Morgan fingerprint density at radius 3 is 2.39 bits per heavy atom. The van der Waals surface area contributed by atoms with Crippen molar-refractivity contribution in [3.05, 3.63) is 22.5 Å². The molecule has 0 aliphatic carbocycles. The van der Waals surface area contributed by atoms with E-state index in [0.29, 0.717) is 12.4 Å². The summed E-state index contributed by atoms with van der Waals surface area (Å²) in [4.78, 5) is 18.4. The van der Waals surface area contributed by atoms with E-state index in [1.54, 1.807) is 0 Å². The molecule has 0 spiro atoms. The number of piperazine rings is 1. The predicted octanol–water partition coefficient (Wildman–Crippen LogP) is -2.76. The van der Waals surface area contributed by atoms with Crippen molar-refractivity contribution in [2.45, 2.75) is 24.9 Å². The molecule has 18 heteroatoms. The Labute approximate surface area is 192 Å². The first-order valence-corrected chi connectivity index (χ1v) is 10.7. The molecule has 31 heavy (non-hydrogen) atoms. The highest BCUT2D eigenvalue weighted by molar-refractivity contribution is 8.01. The molecule has 2 unspecified atom stereocenters. The van der Waals surface area contributed by atoms with E-state index < -0.39 is 30.3 Å². The summed E-state index contributed by atoms with van der Waals surface area (Å²) in [6.07, 6.45) is 0.799. The second kappa shape index (κ2) is 10.8. The summed E-state index contributed by atoms with van der Waals surface area (Å²) < 4.78 is 15.7. The Morgan fingerprint density at radius 1 is 1.16 bits per heavy atom. The van der Waals surface area contributed by atoms with Crippen LogP contribution < -0.4 is 0 Å². The molecule has 2 fully saturated rings. The summed E-state index contributed by atoms with van der Waals surface area (Å²) in [6, 6.07) is 0. The first-order chi connectivity index (χ1) is 14.7. The van der Waals surface area contributed by atoms with E-state index >= 15 is 0 Å². The van der Waals surface area contributed by atoms with Crippen LogP contribution in [0.2, 0.25) is 12.1 Å². The zero-order chi connectivity index (χ0) is 22.7. The Balaban J connectivity index is 1.40. The smallest absolute Gasteiger partial charge is 0.390 e. The van der Waals surface area contributed by atoms with Gasteiger partial charge in [0.2, 0.25) is 0 Å². The lowest BCUT2D eigenvalue weighted by atomic mass is 8.57. The molecule has 0 bridgehead atoms. The topological polar surface area (TPSA) is 67.4 Å². The molecule has 0 saturated carbocycles. The summed E-state index contributed by atoms with van der Waals surface area (Å²) in [5.74, 6) is 0.129. The molecule has 146 valence electrons. The van der Waals surface area contributed by atoms with E-state index in [4.69, 9.17) is 38.7 Å². The van der Waals surface area contributed by atoms with Crippen LogP contribution in [0.25, 0.3) is 0 Å². The van der Waals surface area contributed by atoms with Gasteiger partial charge in [-0.25, -0.2) is 8.96 Å². The van der Waals surface area contributed by atoms with E-state index in [1.807, 2.05) is 0 Å². The highest BCUT2D eigenvalue weighted by Crippen LogP contribution is 2.40. The van der Waals surface area contributed by atoms with Crippen LogP contribution in [-0.4, -0.2) is 141 Å². The number of hydrogen-bond acceptors (Lipinski definition) is 5. The van der Waals surface area contributed by atoms with E-state index in [0.717, 1.165) is 39.0 Å². The number of nitro groups is 1. The second-order valence-corrected chi connectivity index (χ2v) is 8.80. The fourth-order valence-corrected chi connectivity index (χ4v) is 4.69. The van der Waals surface area contributed by atoms with Gasteiger partial charge in [-0.15, -0.1) is 0 Å². The van der Waals surface area contributed by atoms with Gasteiger partial charge in [-0.1, -0.05) is 17.1 Å². The molecule has 1 aromatic heterocycles. The second-order valence-electron chi connectivity index (χ2n) is 8.80. The third-order valence-electron chi connectivity index (χ3n) is 6.47. The SMILES string of the molecule is [B]B([B])B([B])B(B([B])[B])B1CC1CN1CCN(CC([18F])Cn2ccnc2[N+](=O)[O-])CC1. The average molecular weight is 404 g/mol. The van der Waals surface area contributed by atoms with Crippen LogP contribution in [0.15, 0.2) is 12.4 Å². The first kappa shape index (κ1) is 24.7. The van der Waals surface area contributed by atoms with Gasteiger partial charge >= 0.3 is 5.95 Å².